The van der Waals surface area contributed by atoms with Gasteiger partial charge in [-0.3, -0.25) is 0 Å². The summed E-state index contributed by atoms with van der Waals surface area (Å²) in [6.45, 7) is 0.851. The number of furan rings is 1. The van der Waals surface area contributed by atoms with Crippen LogP contribution in [0, 0.1) is 0 Å². The van der Waals surface area contributed by atoms with E-state index in [1.165, 1.54) is 12.8 Å². The van der Waals surface area contributed by atoms with E-state index in [4.69, 9.17) is 16.0 Å². The SMILES string of the molecule is ClCCN(c1nccc2occc12)C1CC1. The van der Waals surface area contributed by atoms with Gasteiger partial charge in [0.25, 0.3) is 0 Å². The highest BCUT2D eigenvalue weighted by Gasteiger charge is 2.30. The minimum absolute atomic E-state index is 0.617. The lowest BCUT2D eigenvalue weighted by Gasteiger charge is -2.22. The quantitative estimate of drug-likeness (QED) is 0.765. The van der Waals surface area contributed by atoms with E-state index < -0.39 is 0 Å². The Morgan fingerprint density at radius 1 is 1.44 bits per heavy atom. The summed E-state index contributed by atoms with van der Waals surface area (Å²) in [6.07, 6.45) is 5.99. The van der Waals surface area contributed by atoms with Crippen LogP contribution in [0.4, 0.5) is 5.82 Å². The largest absolute Gasteiger partial charge is 0.464 e. The second-order valence-corrected chi connectivity index (χ2v) is 4.46. The van der Waals surface area contributed by atoms with E-state index in [1.807, 2.05) is 12.1 Å². The van der Waals surface area contributed by atoms with Crippen molar-refractivity contribution in [2.45, 2.75) is 18.9 Å². The average molecular weight is 237 g/mol. The van der Waals surface area contributed by atoms with Crippen LogP contribution in [0.2, 0.25) is 0 Å². The molecule has 0 bridgehead atoms. The molecule has 0 unspecified atom stereocenters. The van der Waals surface area contributed by atoms with Gasteiger partial charge in [-0.05, 0) is 25.0 Å². The normalized spacial score (nSPS) is 15.6. The molecule has 84 valence electrons. The maximum Gasteiger partial charge on any atom is 0.139 e. The van der Waals surface area contributed by atoms with Crippen LogP contribution in [0.15, 0.2) is 29.0 Å². The second-order valence-electron chi connectivity index (χ2n) is 4.08. The number of rotatable bonds is 4. The molecule has 16 heavy (non-hydrogen) atoms. The van der Waals surface area contributed by atoms with Crippen LogP contribution in [0.3, 0.4) is 0 Å². The highest BCUT2D eigenvalue weighted by molar-refractivity contribution is 6.18. The van der Waals surface area contributed by atoms with Gasteiger partial charge in [-0.15, -0.1) is 11.6 Å². The molecule has 0 N–H and O–H groups in total. The third-order valence-corrected chi connectivity index (χ3v) is 3.11. The highest BCUT2D eigenvalue weighted by Crippen LogP contribution is 2.34. The van der Waals surface area contributed by atoms with Crippen LogP contribution >= 0.6 is 11.6 Å². The van der Waals surface area contributed by atoms with E-state index in [9.17, 15) is 0 Å². The van der Waals surface area contributed by atoms with Crippen molar-refractivity contribution in [1.29, 1.82) is 0 Å². The summed E-state index contributed by atoms with van der Waals surface area (Å²) in [4.78, 5) is 6.76. The topological polar surface area (TPSA) is 29.3 Å². The van der Waals surface area contributed by atoms with Gasteiger partial charge >= 0.3 is 0 Å². The fourth-order valence-corrected chi connectivity index (χ4v) is 2.23. The first-order valence-corrected chi connectivity index (χ1v) is 6.08. The zero-order valence-corrected chi connectivity index (χ0v) is 9.65. The van der Waals surface area contributed by atoms with E-state index in [0.717, 1.165) is 23.3 Å². The molecule has 0 amide bonds. The Morgan fingerprint density at radius 3 is 3.06 bits per heavy atom. The van der Waals surface area contributed by atoms with Crippen molar-refractivity contribution in [1.82, 2.24) is 4.98 Å². The van der Waals surface area contributed by atoms with Gasteiger partial charge in [0, 0.05) is 24.7 Å². The van der Waals surface area contributed by atoms with Crippen LogP contribution < -0.4 is 4.90 Å². The minimum Gasteiger partial charge on any atom is -0.464 e. The number of hydrogen-bond donors (Lipinski definition) is 0. The summed E-state index contributed by atoms with van der Waals surface area (Å²) < 4.78 is 5.39. The molecule has 0 aliphatic heterocycles. The Kier molecular flexibility index (Phi) is 2.48. The van der Waals surface area contributed by atoms with Crippen molar-refractivity contribution in [2.24, 2.45) is 0 Å². The Morgan fingerprint density at radius 2 is 2.31 bits per heavy atom. The van der Waals surface area contributed by atoms with Crippen LogP contribution in [0.25, 0.3) is 11.0 Å². The lowest BCUT2D eigenvalue weighted by Crippen LogP contribution is -2.28. The first-order chi connectivity index (χ1) is 7.90. The summed E-state index contributed by atoms with van der Waals surface area (Å²) in [6, 6.07) is 4.48. The van der Waals surface area contributed by atoms with Crippen molar-refractivity contribution < 1.29 is 4.42 Å². The average Bonchev–Trinajstić information content (AvgIpc) is 3.02. The zero-order chi connectivity index (χ0) is 11.0. The molecule has 3 rings (SSSR count). The summed E-state index contributed by atoms with van der Waals surface area (Å²) in [5, 5.41) is 1.08. The van der Waals surface area contributed by atoms with Crippen molar-refractivity contribution in [3.63, 3.8) is 0 Å². The van der Waals surface area contributed by atoms with Crippen molar-refractivity contribution in [3.05, 3.63) is 24.6 Å². The summed E-state index contributed by atoms with van der Waals surface area (Å²) in [5.41, 5.74) is 0.894. The molecule has 1 saturated carbocycles. The molecule has 0 aromatic carbocycles. The molecule has 4 heteroatoms. The lowest BCUT2D eigenvalue weighted by atomic mass is 10.3. The third kappa shape index (κ3) is 1.65. The van der Waals surface area contributed by atoms with Crippen molar-refractivity contribution >= 4 is 28.4 Å². The number of hydrogen-bond acceptors (Lipinski definition) is 3. The highest BCUT2D eigenvalue weighted by atomic mass is 35.5. The number of halogens is 1. The molecule has 3 nitrogen and oxygen atoms in total. The maximum atomic E-state index is 5.85. The second kappa shape index (κ2) is 3.98. The molecule has 2 aromatic rings. The van der Waals surface area contributed by atoms with E-state index in [2.05, 4.69) is 9.88 Å². The predicted octanol–water partition coefficient (Wildman–Crippen LogP) is 3.04. The van der Waals surface area contributed by atoms with Crippen LogP contribution in [-0.2, 0) is 0 Å². The van der Waals surface area contributed by atoms with Gasteiger partial charge in [-0.1, -0.05) is 0 Å². The van der Waals surface area contributed by atoms with Gasteiger partial charge in [0.2, 0.25) is 0 Å². The monoisotopic (exact) mass is 236 g/mol. The number of aromatic nitrogens is 1. The molecule has 1 aliphatic carbocycles. The fourth-order valence-electron chi connectivity index (χ4n) is 2.05. The smallest absolute Gasteiger partial charge is 0.139 e. The van der Waals surface area contributed by atoms with Gasteiger partial charge in [0.1, 0.15) is 11.4 Å². The molecule has 0 saturated heterocycles. The van der Waals surface area contributed by atoms with Gasteiger partial charge < -0.3 is 9.32 Å². The molecular formula is C12H13ClN2O. The minimum atomic E-state index is 0.617. The lowest BCUT2D eigenvalue weighted by molar-refractivity contribution is 0.615. The Labute approximate surface area is 99.0 Å². The summed E-state index contributed by atoms with van der Waals surface area (Å²) in [7, 11) is 0. The predicted molar refractivity (Wildman–Crippen MR) is 65.1 cm³/mol. The zero-order valence-electron chi connectivity index (χ0n) is 8.90. The van der Waals surface area contributed by atoms with Crippen molar-refractivity contribution in [2.75, 3.05) is 17.3 Å². The van der Waals surface area contributed by atoms with Gasteiger partial charge in [0.15, 0.2) is 0 Å². The summed E-state index contributed by atoms with van der Waals surface area (Å²) >= 11 is 5.85. The maximum absolute atomic E-state index is 5.85. The third-order valence-electron chi connectivity index (χ3n) is 2.94. The number of anilines is 1. The number of nitrogens with zero attached hydrogens (tertiary/aromatic N) is 2. The Hall–Kier alpha value is -1.22. The van der Waals surface area contributed by atoms with Gasteiger partial charge in [0.05, 0.1) is 11.6 Å². The Balaban J connectivity index is 2.04. The molecule has 1 aliphatic rings. The van der Waals surface area contributed by atoms with Crippen molar-refractivity contribution in [3.8, 4) is 0 Å². The Bertz CT molecular complexity index is 492. The number of fused-ring (bicyclic) bond motifs is 1. The number of alkyl halides is 1. The molecule has 0 radical (unpaired) electrons. The summed E-state index contributed by atoms with van der Waals surface area (Å²) in [5.74, 6) is 1.64. The van der Waals surface area contributed by atoms with Crippen LogP contribution in [0.5, 0.6) is 0 Å². The first-order valence-electron chi connectivity index (χ1n) is 5.55. The number of pyridine rings is 1. The molecule has 0 atom stereocenters. The molecule has 2 heterocycles. The van der Waals surface area contributed by atoms with Gasteiger partial charge in [-0.25, -0.2) is 4.98 Å². The molecule has 0 spiro atoms. The molecular weight excluding hydrogens is 224 g/mol. The van der Waals surface area contributed by atoms with E-state index >= 15 is 0 Å². The fraction of sp³-hybridized carbons (Fsp3) is 0.417. The van der Waals surface area contributed by atoms with E-state index in [0.29, 0.717) is 11.9 Å². The van der Waals surface area contributed by atoms with Crippen LogP contribution in [0.1, 0.15) is 12.8 Å². The van der Waals surface area contributed by atoms with E-state index in [1.54, 1.807) is 12.5 Å². The van der Waals surface area contributed by atoms with Gasteiger partial charge in [-0.2, -0.15) is 0 Å². The standard InChI is InChI=1S/C12H13ClN2O/c13-5-7-15(9-1-2-9)12-10-4-8-16-11(10)3-6-14-12/h3-4,6,8-9H,1-2,5,7H2. The van der Waals surface area contributed by atoms with E-state index in [-0.39, 0.29) is 0 Å². The molecule has 2 aromatic heterocycles. The first kappa shape index (κ1) is 9.97. The molecule has 1 fully saturated rings. The van der Waals surface area contributed by atoms with Crippen LogP contribution in [-0.4, -0.2) is 23.5 Å².